The maximum atomic E-state index is 11.8. The molecule has 1 amide bonds. The lowest BCUT2D eigenvalue weighted by Gasteiger charge is -2.25. The number of hydrogen-bond donors (Lipinski definition) is 2. The second kappa shape index (κ2) is 5.98. The Balaban J connectivity index is 1.76. The van der Waals surface area contributed by atoms with Crippen molar-refractivity contribution in [1.82, 2.24) is 5.32 Å². The van der Waals surface area contributed by atoms with Gasteiger partial charge in [-0.25, -0.2) is 0 Å². The maximum Gasteiger partial charge on any atom is 0.261 e. The molecule has 0 aromatic carbocycles. The van der Waals surface area contributed by atoms with Gasteiger partial charge in [0, 0.05) is 6.54 Å². The first-order valence-electron chi connectivity index (χ1n) is 5.87. The van der Waals surface area contributed by atoms with E-state index < -0.39 is 0 Å². The SMILES string of the molecule is O=C(NCC1CCC(O)CC1)c1ccc(Br)s1. The van der Waals surface area contributed by atoms with Crippen LogP contribution in [-0.4, -0.2) is 23.7 Å². The lowest BCUT2D eigenvalue weighted by Crippen LogP contribution is -2.31. The van der Waals surface area contributed by atoms with E-state index >= 15 is 0 Å². The number of rotatable bonds is 3. The molecule has 0 unspecified atom stereocenters. The van der Waals surface area contributed by atoms with E-state index in [2.05, 4.69) is 21.2 Å². The van der Waals surface area contributed by atoms with Crippen LogP contribution in [0.3, 0.4) is 0 Å². The average Bonchev–Trinajstić information content (AvgIpc) is 2.75. The molecule has 2 rings (SSSR count). The highest BCUT2D eigenvalue weighted by Crippen LogP contribution is 2.24. The predicted molar refractivity (Wildman–Crippen MR) is 72.3 cm³/mol. The van der Waals surface area contributed by atoms with Crippen molar-refractivity contribution in [2.24, 2.45) is 5.92 Å². The summed E-state index contributed by atoms with van der Waals surface area (Å²) in [6.07, 6.45) is 3.62. The Morgan fingerprint density at radius 1 is 1.41 bits per heavy atom. The summed E-state index contributed by atoms with van der Waals surface area (Å²) in [5.41, 5.74) is 0. The summed E-state index contributed by atoms with van der Waals surface area (Å²) in [4.78, 5) is 12.5. The van der Waals surface area contributed by atoms with E-state index in [0.717, 1.165) is 40.9 Å². The Labute approximate surface area is 113 Å². The number of hydrogen-bond acceptors (Lipinski definition) is 3. The number of aliphatic hydroxyl groups is 1. The Hall–Kier alpha value is -0.390. The van der Waals surface area contributed by atoms with E-state index in [0.29, 0.717) is 5.92 Å². The Morgan fingerprint density at radius 3 is 2.71 bits per heavy atom. The van der Waals surface area contributed by atoms with Crippen LogP contribution in [0.2, 0.25) is 0 Å². The van der Waals surface area contributed by atoms with E-state index in [9.17, 15) is 9.90 Å². The van der Waals surface area contributed by atoms with Crippen LogP contribution in [-0.2, 0) is 0 Å². The zero-order valence-electron chi connectivity index (χ0n) is 9.49. The van der Waals surface area contributed by atoms with Crippen molar-refractivity contribution in [3.63, 3.8) is 0 Å². The quantitative estimate of drug-likeness (QED) is 0.900. The summed E-state index contributed by atoms with van der Waals surface area (Å²) >= 11 is 4.79. The molecule has 0 radical (unpaired) electrons. The molecule has 0 saturated heterocycles. The fraction of sp³-hybridized carbons (Fsp3) is 0.583. The minimum atomic E-state index is -0.129. The van der Waals surface area contributed by atoms with Crippen molar-refractivity contribution in [1.29, 1.82) is 0 Å². The van der Waals surface area contributed by atoms with Crippen LogP contribution < -0.4 is 5.32 Å². The monoisotopic (exact) mass is 317 g/mol. The van der Waals surface area contributed by atoms with Crippen molar-refractivity contribution in [2.75, 3.05) is 6.54 Å². The lowest BCUT2D eigenvalue weighted by molar-refractivity contribution is 0.0914. The molecule has 94 valence electrons. The molecule has 3 nitrogen and oxygen atoms in total. The number of aliphatic hydroxyl groups excluding tert-OH is 1. The van der Waals surface area contributed by atoms with Crippen LogP contribution in [0.15, 0.2) is 15.9 Å². The van der Waals surface area contributed by atoms with Gasteiger partial charge in [-0.2, -0.15) is 0 Å². The summed E-state index contributed by atoms with van der Waals surface area (Å²) in [5, 5.41) is 12.4. The minimum Gasteiger partial charge on any atom is -0.393 e. The Morgan fingerprint density at radius 2 is 2.12 bits per heavy atom. The Kier molecular flexibility index (Phi) is 4.59. The molecule has 0 bridgehead atoms. The Bertz CT molecular complexity index is 386. The topological polar surface area (TPSA) is 49.3 Å². The minimum absolute atomic E-state index is 0.00632. The van der Waals surface area contributed by atoms with E-state index in [1.165, 1.54) is 11.3 Å². The zero-order chi connectivity index (χ0) is 12.3. The molecule has 0 atom stereocenters. The third-order valence-corrected chi connectivity index (χ3v) is 4.79. The number of halogens is 1. The van der Waals surface area contributed by atoms with E-state index in [1.54, 1.807) is 0 Å². The zero-order valence-corrected chi connectivity index (χ0v) is 11.9. The molecule has 1 aliphatic rings. The number of carbonyl (C=O) groups is 1. The van der Waals surface area contributed by atoms with Crippen LogP contribution >= 0.6 is 27.3 Å². The molecular formula is C12H16BrNO2S. The molecule has 5 heteroatoms. The number of amides is 1. The number of carbonyl (C=O) groups excluding carboxylic acids is 1. The standard InChI is InChI=1S/C12H16BrNO2S/c13-11-6-5-10(17-11)12(16)14-7-8-1-3-9(15)4-2-8/h5-6,8-9,15H,1-4,7H2,(H,14,16). The van der Waals surface area contributed by atoms with E-state index in [-0.39, 0.29) is 12.0 Å². The van der Waals surface area contributed by atoms with Crippen molar-refractivity contribution in [3.05, 3.63) is 20.8 Å². The third-order valence-electron chi connectivity index (χ3n) is 3.16. The van der Waals surface area contributed by atoms with Crippen LogP contribution in [0, 0.1) is 5.92 Å². The summed E-state index contributed by atoms with van der Waals surface area (Å²) in [5.74, 6) is 0.526. The first-order valence-corrected chi connectivity index (χ1v) is 7.47. The maximum absolute atomic E-state index is 11.8. The second-order valence-corrected chi connectivity index (χ2v) is 6.95. The van der Waals surface area contributed by atoms with Gasteiger partial charge in [0.25, 0.3) is 5.91 Å². The van der Waals surface area contributed by atoms with Crippen molar-refractivity contribution in [3.8, 4) is 0 Å². The van der Waals surface area contributed by atoms with Gasteiger partial charge in [-0.3, -0.25) is 4.79 Å². The number of thiophene rings is 1. The fourth-order valence-electron chi connectivity index (χ4n) is 2.11. The summed E-state index contributed by atoms with van der Waals surface area (Å²) < 4.78 is 0.975. The highest BCUT2D eigenvalue weighted by molar-refractivity contribution is 9.11. The lowest BCUT2D eigenvalue weighted by atomic mass is 9.87. The van der Waals surface area contributed by atoms with Gasteiger partial charge in [-0.05, 0) is 59.7 Å². The van der Waals surface area contributed by atoms with Gasteiger partial charge in [0.05, 0.1) is 14.8 Å². The molecule has 1 heterocycles. The summed E-state index contributed by atoms with van der Waals surface area (Å²) in [7, 11) is 0. The number of nitrogens with one attached hydrogen (secondary N) is 1. The third kappa shape index (κ3) is 3.79. The first kappa shape index (κ1) is 13.1. The van der Waals surface area contributed by atoms with Crippen molar-refractivity contribution < 1.29 is 9.90 Å². The van der Waals surface area contributed by atoms with Crippen molar-refractivity contribution in [2.45, 2.75) is 31.8 Å². The fourth-order valence-corrected chi connectivity index (χ4v) is 3.41. The van der Waals surface area contributed by atoms with E-state index in [1.807, 2.05) is 12.1 Å². The highest BCUT2D eigenvalue weighted by atomic mass is 79.9. The van der Waals surface area contributed by atoms with Gasteiger partial charge >= 0.3 is 0 Å². The summed E-state index contributed by atoms with van der Waals surface area (Å²) in [6.45, 7) is 0.723. The van der Waals surface area contributed by atoms with Crippen LogP contribution in [0.4, 0.5) is 0 Å². The average molecular weight is 318 g/mol. The second-order valence-electron chi connectivity index (χ2n) is 4.49. The molecule has 0 aliphatic heterocycles. The molecule has 2 N–H and O–H groups in total. The first-order chi connectivity index (χ1) is 8.15. The van der Waals surface area contributed by atoms with Gasteiger partial charge in [0.1, 0.15) is 0 Å². The van der Waals surface area contributed by atoms with E-state index in [4.69, 9.17) is 0 Å². The molecule has 1 aliphatic carbocycles. The predicted octanol–water partition coefficient (Wildman–Crippen LogP) is 2.79. The molecular weight excluding hydrogens is 302 g/mol. The molecule has 1 fully saturated rings. The van der Waals surface area contributed by atoms with Gasteiger partial charge in [-0.1, -0.05) is 0 Å². The summed E-state index contributed by atoms with van der Waals surface area (Å²) in [6, 6.07) is 3.71. The largest absolute Gasteiger partial charge is 0.393 e. The van der Waals surface area contributed by atoms with Gasteiger partial charge in [0.15, 0.2) is 0 Å². The van der Waals surface area contributed by atoms with Crippen LogP contribution in [0.5, 0.6) is 0 Å². The van der Waals surface area contributed by atoms with Crippen LogP contribution in [0.1, 0.15) is 35.4 Å². The van der Waals surface area contributed by atoms with Crippen molar-refractivity contribution >= 4 is 33.2 Å². The highest BCUT2D eigenvalue weighted by Gasteiger charge is 2.20. The molecule has 1 aromatic rings. The normalized spacial score (nSPS) is 24.6. The van der Waals surface area contributed by atoms with Crippen LogP contribution in [0.25, 0.3) is 0 Å². The smallest absolute Gasteiger partial charge is 0.261 e. The molecule has 17 heavy (non-hydrogen) atoms. The van der Waals surface area contributed by atoms with Gasteiger partial charge in [-0.15, -0.1) is 11.3 Å². The molecule has 1 aromatic heterocycles. The van der Waals surface area contributed by atoms with Gasteiger partial charge in [0.2, 0.25) is 0 Å². The van der Waals surface area contributed by atoms with Gasteiger partial charge < -0.3 is 10.4 Å². The molecule has 1 saturated carbocycles. The molecule has 0 spiro atoms.